The van der Waals surface area contributed by atoms with Crippen molar-refractivity contribution in [1.82, 2.24) is 40.3 Å². The van der Waals surface area contributed by atoms with Gasteiger partial charge in [0.25, 0.3) is 0 Å². The van der Waals surface area contributed by atoms with Crippen molar-refractivity contribution in [3.05, 3.63) is 30.6 Å². The highest BCUT2D eigenvalue weighted by molar-refractivity contribution is 14.0. The van der Waals surface area contributed by atoms with E-state index in [0.29, 0.717) is 6.54 Å². The first-order valence-corrected chi connectivity index (χ1v) is 9.85. The van der Waals surface area contributed by atoms with E-state index in [1.807, 2.05) is 13.1 Å². The van der Waals surface area contributed by atoms with E-state index in [1.165, 1.54) is 0 Å². The number of aromatic nitrogens is 5. The molecule has 0 radical (unpaired) electrons. The maximum Gasteiger partial charge on any atom is 0.225 e. The topological polar surface area (TPSA) is 99.4 Å². The summed E-state index contributed by atoms with van der Waals surface area (Å²) in [5, 5.41) is 10.7. The standard InChI is InChI=1S/C18H30N10.HI/c1-3-19-17(23-14-16-24-15-25-26(16)2)20-8-5-9-27-10-12-28(13-11-27)18-21-6-4-7-22-18;/h4,6-7,15H,3,5,8-14H2,1-2H3,(H2,19,20,23);1H. The van der Waals surface area contributed by atoms with Gasteiger partial charge in [-0.3, -0.25) is 9.58 Å². The summed E-state index contributed by atoms with van der Waals surface area (Å²) in [6, 6.07) is 1.85. The van der Waals surface area contributed by atoms with Crippen molar-refractivity contribution >= 4 is 35.9 Å². The Morgan fingerprint density at radius 1 is 1.10 bits per heavy atom. The van der Waals surface area contributed by atoms with Gasteiger partial charge in [-0.05, 0) is 26.0 Å². The van der Waals surface area contributed by atoms with Gasteiger partial charge in [-0.2, -0.15) is 5.10 Å². The van der Waals surface area contributed by atoms with E-state index in [1.54, 1.807) is 23.4 Å². The Morgan fingerprint density at radius 3 is 2.52 bits per heavy atom. The molecule has 2 aromatic heterocycles. The second-order valence-electron chi connectivity index (χ2n) is 6.65. The zero-order chi connectivity index (χ0) is 19.6. The number of anilines is 1. The molecule has 160 valence electrons. The second-order valence-corrected chi connectivity index (χ2v) is 6.65. The zero-order valence-electron chi connectivity index (χ0n) is 17.2. The van der Waals surface area contributed by atoms with E-state index in [0.717, 1.165) is 70.0 Å². The third kappa shape index (κ3) is 7.38. The lowest BCUT2D eigenvalue weighted by atomic mass is 10.3. The predicted molar refractivity (Wildman–Crippen MR) is 125 cm³/mol. The summed E-state index contributed by atoms with van der Waals surface area (Å²) in [6.45, 7) is 9.38. The molecule has 2 N–H and O–H groups in total. The van der Waals surface area contributed by atoms with Crippen molar-refractivity contribution in [3.63, 3.8) is 0 Å². The van der Waals surface area contributed by atoms with Crippen LogP contribution in [0.1, 0.15) is 19.2 Å². The van der Waals surface area contributed by atoms with Crippen molar-refractivity contribution in [1.29, 1.82) is 0 Å². The number of aliphatic imine (C=N–C) groups is 1. The molecule has 0 atom stereocenters. The summed E-state index contributed by atoms with van der Waals surface area (Å²) < 4.78 is 1.74. The lowest BCUT2D eigenvalue weighted by Gasteiger charge is -2.34. The van der Waals surface area contributed by atoms with Crippen LogP contribution in [0.4, 0.5) is 5.95 Å². The van der Waals surface area contributed by atoms with Crippen LogP contribution in [0.3, 0.4) is 0 Å². The van der Waals surface area contributed by atoms with Gasteiger partial charge in [-0.25, -0.2) is 19.9 Å². The Morgan fingerprint density at radius 2 is 1.86 bits per heavy atom. The van der Waals surface area contributed by atoms with E-state index < -0.39 is 0 Å². The van der Waals surface area contributed by atoms with Gasteiger partial charge in [0.05, 0.1) is 0 Å². The molecule has 1 aliphatic rings. The fourth-order valence-electron chi connectivity index (χ4n) is 3.09. The minimum atomic E-state index is 0. The maximum absolute atomic E-state index is 4.58. The van der Waals surface area contributed by atoms with Crippen LogP contribution in [0.5, 0.6) is 0 Å². The summed E-state index contributed by atoms with van der Waals surface area (Å²) in [5.74, 6) is 2.49. The maximum atomic E-state index is 4.58. The van der Waals surface area contributed by atoms with Gasteiger partial charge < -0.3 is 15.5 Å². The minimum Gasteiger partial charge on any atom is -0.357 e. The lowest BCUT2D eigenvalue weighted by molar-refractivity contribution is 0.254. The van der Waals surface area contributed by atoms with E-state index in [2.05, 4.69) is 52.4 Å². The smallest absolute Gasteiger partial charge is 0.225 e. The van der Waals surface area contributed by atoms with Gasteiger partial charge in [-0.1, -0.05) is 0 Å². The molecule has 0 aromatic carbocycles. The number of hydrogen-bond acceptors (Lipinski definition) is 7. The molecule has 2 aromatic rings. The van der Waals surface area contributed by atoms with Crippen LogP contribution in [0, 0.1) is 0 Å². The Balaban J connectivity index is 0.00000300. The molecule has 1 saturated heterocycles. The largest absolute Gasteiger partial charge is 0.357 e. The molecular weight excluding hydrogens is 483 g/mol. The number of aryl methyl sites for hydroxylation is 1. The average Bonchev–Trinajstić information content (AvgIpc) is 3.15. The Hall–Kier alpha value is -2.02. The van der Waals surface area contributed by atoms with Crippen LogP contribution in [-0.2, 0) is 13.6 Å². The monoisotopic (exact) mass is 514 g/mol. The fraction of sp³-hybridized carbons (Fsp3) is 0.611. The number of halogens is 1. The van der Waals surface area contributed by atoms with Crippen LogP contribution in [0.2, 0.25) is 0 Å². The Labute approximate surface area is 189 Å². The van der Waals surface area contributed by atoms with Crippen molar-refractivity contribution in [3.8, 4) is 0 Å². The summed E-state index contributed by atoms with van der Waals surface area (Å²) in [5.41, 5.74) is 0. The van der Waals surface area contributed by atoms with Crippen molar-refractivity contribution in [2.45, 2.75) is 19.9 Å². The number of hydrogen-bond donors (Lipinski definition) is 2. The molecule has 1 fully saturated rings. The average molecular weight is 514 g/mol. The summed E-state index contributed by atoms with van der Waals surface area (Å²) in [7, 11) is 1.88. The zero-order valence-corrected chi connectivity index (χ0v) is 19.5. The SMILES string of the molecule is CCNC(=NCc1ncnn1C)NCCCN1CCN(c2ncccn2)CC1.I. The molecule has 0 unspecified atom stereocenters. The molecule has 1 aliphatic heterocycles. The molecule has 0 amide bonds. The van der Waals surface area contributed by atoms with Gasteiger partial charge in [0.1, 0.15) is 18.7 Å². The number of piperazine rings is 1. The molecule has 0 saturated carbocycles. The third-order valence-corrected chi connectivity index (χ3v) is 4.68. The highest BCUT2D eigenvalue weighted by atomic mass is 127. The van der Waals surface area contributed by atoms with E-state index in [9.17, 15) is 0 Å². The summed E-state index contributed by atoms with van der Waals surface area (Å²) >= 11 is 0. The highest BCUT2D eigenvalue weighted by Gasteiger charge is 2.18. The second kappa shape index (κ2) is 12.5. The van der Waals surface area contributed by atoms with Crippen molar-refractivity contribution < 1.29 is 0 Å². The summed E-state index contributed by atoms with van der Waals surface area (Å²) in [6.07, 6.45) is 6.22. The normalized spacial score (nSPS) is 15.1. The lowest BCUT2D eigenvalue weighted by Crippen LogP contribution is -2.47. The highest BCUT2D eigenvalue weighted by Crippen LogP contribution is 2.09. The Bertz CT molecular complexity index is 727. The molecule has 0 bridgehead atoms. The number of nitrogens with zero attached hydrogens (tertiary/aromatic N) is 8. The van der Waals surface area contributed by atoms with Crippen LogP contribution in [0.15, 0.2) is 29.8 Å². The van der Waals surface area contributed by atoms with Crippen LogP contribution < -0.4 is 15.5 Å². The first kappa shape index (κ1) is 23.3. The first-order valence-electron chi connectivity index (χ1n) is 9.85. The predicted octanol–water partition coefficient (Wildman–Crippen LogP) is 0.491. The third-order valence-electron chi connectivity index (χ3n) is 4.68. The van der Waals surface area contributed by atoms with Gasteiger partial charge >= 0.3 is 0 Å². The summed E-state index contributed by atoms with van der Waals surface area (Å²) in [4.78, 5) is 22.2. The quantitative estimate of drug-likeness (QED) is 0.227. The van der Waals surface area contributed by atoms with E-state index in [4.69, 9.17) is 0 Å². The molecule has 29 heavy (non-hydrogen) atoms. The van der Waals surface area contributed by atoms with Crippen molar-refractivity contribution in [2.24, 2.45) is 12.0 Å². The number of nitrogens with one attached hydrogen (secondary N) is 2. The Kier molecular flexibility index (Phi) is 10.0. The number of rotatable bonds is 8. The van der Waals surface area contributed by atoms with Gasteiger partial charge in [0.15, 0.2) is 5.96 Å². The molecule has 0 spiro atoms. The van der Waals surface area contributed by atoms with Crippen LogP contribution in [0.25, 0.3) is 0 Å². The van der Waals surface area contributed by atoms with E-state index >= 15 is 0 Å². The first-order chi connectivity index (χ1) is 13.8. The van der Waals surface area contributed by atoms with Gasteiger partial charge in [0, 0.05) is 58.7 Å². The van der Waals surface area contributed by atoms with Crippen molar-refractivity contribution in [2.75, 3.05) is 50.7 Å². The van der Waals surface area contributed by atoms with Crippen LogP contribution in [-0.4, -0.2) is 81.4 Å². The molecule has 0 aliphatic carbocycles. The minimum absolute atomic E-state index is 0. The van der Waals surface area contributed by atoms with Crippen LogP contribution >= 0.6 is 24.0 Å². The molecular formula is C18H31IN10. The molecule has 11 heteroatoms. The fourth-order valence-corrected chi connectivity index (χ4v) is 3.09. The molecule has 3 rings (SSSR count). The van der Waals surface area contributed by atoms with E-state index in [-0.39, 0.29) is 24.0 Å². The number of guanidine groups is 1. The van der Waals surface area contributed by atoms with Gasteiger partial charge in [0.2, 0.25) is 5.95 Å². The molecule has 3 heterocycles. The molecule has 10 nitrogen and oxygen atoms in total. The van der Waals surface area contributed by atoms with Gasteiger partial charge in [-0.15, -0.1) is 24.0 Å².